The highest BCUT2D eigenvalue weighted by atomic mass is 32.2. The standard InChI is InChI=1S/C14H23N3O3S/c1-5-16-12(18)9-17(6-2)21(19,20)14-11(4)8-7-10(3)13(14)15/h7-8H,5-6,9,15H2,1-4H3,(H,16,18). The minimum absolute atomic E-state index is 0.0913. The molecule has 3 N–H and O–H groups in total. The molecule has 118 valence electrons. The van der Waals surface area contributed by atoms with Crippen LogP contribution in [0.15, 0.2) is 17.0 Å². The quantitative estimate of drug-likeness (QED) is 0.767. The fourth-order valence-corrected chi connectivity index (χ4v) is 3.86. The molecule has 0 saturated heterocycles. The number of benzene rings is 1. The van der Waals surface area contributed by atoms with Gasteiger partial charge in [-0.2, -0.15) is 4.31 Å². The summed E-state index contributed by atoms with van der Waals surface area (Å²) < 4.78 is 26.7. The van der Waals surface area contributed by atoms with Crippen molar-refractivity contribution in [2.45, 2.75) is 32.6 Å². The molecule has 0 heterocycles. The van der Waals surface area contributed by atoms with Gasteiger partial charge in [-0.3, -0.25) is 4.79 Å². The Morgan fingerprint density at radius 3 is 2.33 bits per heavy atom. The fraction of sp³-hybridized carbons (Fsp3) is 0.500. The highest BCUT2D eigenvalue weighted by Gasteiger charge is 2.29. The smallest absolute Gasteiger partial charge is 0.245 e. The average molecular weight is 313 g/mol. The van der Waals surface area contributed by atoms with Crippen molar-refractivity contribution in [1.82, 2.24) is 9.62 Å². The number of hydrogen-bond acceptors (Lipinski definition) is 4. The molecule has 1 aromatic carbocycles. The minimum atomic E-state index is -3.80. The highest BCUT2D eigenvalue weighted by molar-refractivity contribution is 7.89. The second-order valence-electron chi connectivity index (χ2n) is 4.83. The van der Waals surface area contributed by atoms with Gasteiger partial charge in [0.15, 0.2) is 0 Å². The Hall–Kier alpha value is -1.60. The Morgan fingerprint density at radius 2 is 1.81 bits per heavy atom. The second-order valence-corrected chi connectivity index (χ2v) is 6.70. The van der Waals surface area contributed by atoms with Crippen molar-refractivity contribution in [3.05, 3.63) is 23.3 Å². The SMILES string of the molecule is CCNC(=O)CN(CC)S(=O)(=O)c1c(C)ccc(C)c1N. The zero-order valence-corrected chi connectivity index (χ0v) is 13.8. The number of hydrogen-bond donors (Lipinski definition) is 2. The number of nitrogens with one attached hydrogen (secondary N) is 1. The number of nitrogen functional groups attached to an aromatic ring is 1. The van der Waals surface area contributed by atoms with Crippen molar-refractivity contribution >= 4 is 21.6 Å². The Labute approximate surface area is 126 Å². The molecule has 0 aliphatic rings. The van der Waals surface area contributed by atoms with E-state index in [9.17, 15) is 13.2 Å². The van der Waals surface area contributed by atoms with Crippen LogP contribution in [0.25, 0.3) is 0 Å². The predicted molar refractivity (Wildman–Crippen MR) is 83.4 cm³/mol. The maximum Gasteiger partial charge on any atom is 0.245 e. The van der Waals surface area contributed by atoms with E-state index in [0.717, 1.165) is 4.31 Å². The Kier molecular flexibility index (Phi) is 5.74. The molecular weight excluding hydrogens is 290 g/mol. The van der Waals surface area contributed by atoms with Crippen LogP contribution in [0.2, 0.25) is 0 Å². The van der Waals surface area contributed by atoms with E-state index < -0.39 is 10.0 Å². The molecule has 0 bridgehead atoms. The first-order chi connectivity index (χ1) is 9.75. The van der Waals surface area contributed by atoms with Gasteiger partial charge < -0.3 is 11.1 Å². The fourth-order valence-electron chi connectivity index (χ4n) is 2.06. The number of carbonyl (C=O) groups excluding carboxylic acids is 1. The Balaban J connectivity index is 3.26. The van der Waals surface area contributed by atoms with Crippen LogP contribution in [0.4, 0.5) is 5.69 Å². The van der Waals surface area contributed by atoms with Crippen molar-refractivity contribution in [1.29, 1.82) is 0 Å². The first-order valence-electron chi connectivity index (χ1n) is 6.88. The van der Waals surface area contributed by atoms with Crippen molar-refractivity contribution in [2.24, 2.45) is 0 Å². The third-order valence-corrected chi connectivity index (χ3v) is 5.38. The third-order valence-electron chi connectivity index (χ3n) is 3.26. The molecule has 0 spiro atoms. The van der Waals surface area contributed by atoms with Gasteiger partial charge in [0.1, 0.15) is 4.90 Å². The summed E-state index contributed by atoms with van der Waals surface area (Å²) in [6.45, 7) is 7.38. The van der Waals surface area contributed by atoms with Crippen LogP contribution in [0.5, 0.6) is 0 Å². The molecule has 7 heteroatoms. The summed E-state index contributed by atoms with van der Waals surface area (Å²) in [5.41, 5.74) is 7.46. The molecule has 0 radical (unpaired) electrons. The van der Waals surface area contributed by atoms with Crippen LogP contribution in [0, 0.1) is 13.8 Å². The molecule has 1 amide bonds. The molecular formula is C14H23N3O3S. The Bertz CT molecular complexity index is 627. The number of nitrogens with two attached hydrogens (primary N) is 1. The number of anilines is 1. The summed E-state index contributed by atoms with van der Waals surface area (Å²) in [6, 6.07) is 3.50. The number of sulfonamides is 1. The largest absolute Gasteiger partial charge is 0.397 e. The summed E-state index contributed by atoms with van der Waals surface area (Å²) in [6.07, 6.45) is 0. The van der Waals surface area contributed by atoms with Gasteiger partial charge in [0, 0.05) is 13.1 Å². The van der Waals surface area contributed by atoms with Gasteiger partial charge in [-0.15, -0.1) is 0 Å². The summed E-state index contributed by atoms with van der Waals surface area (Å²) in [5.74, 6) is -0.327. The van der Waals surface area contributed by atoms with E-state index >= 15 is 0 Å². The van der Waals surface area contributed by atoms with Crippen molar-refractivity contribution in [2.75, 3.05) is 25.4 Å². The van der Waals surface area contributed by atoms with Gasteiger partial charge in [0.25, 0.3) is 0 Å². The third kappa shape index (κ3) is 3.74. The first kappa shape index (κ1) is 17.5. The maximum absolute atomic E-state index is 12.8. The van der Waals surface area contributed by atoms with Gasteiger partial charge in [-0.1, -0.05) is 19.1 Å². The van der Waals surface area contributed by atoms with E-state index in [4.69, 9.17) is 5.73 Å². The lowest BCUT2D eigenvalue weighted by Gasteiger charge is -2.22. The van der Waals surface area contributed by atoms with Crippen LogP contribution in [0.1, 0.15) is 25.0 Å². The second kappa shape index (κ2) is 6.91. The van der Waals surface area contributed by atoms with Crippen LogP contribution < -0.4 is 11.1 Å². The normalized spacial score (nSPS) is 11.7. The maximum atomic E-state index is 12.8. The Morgan fingerprint density at radius 1 is 1.24 bits per heavy atom. The number of nitrogens with zero attached hydrogens (tertiary/aromatic N) is 1. The van der Waals surface area contributed by atoms with Gasteiger partial charge in [-0.05, 0) is 31.9 Å². The van der Waals surface area contributed by atoms with Gasteiger partial charge in [-0.25, -0.2) is 8.42 Å². The van der Waals surface area contributed by atoms with Crippen LogP contribution >= 0.6 is 0 Å². The molecule has 0 fully saturated rings. The van der Waals surface area contributed by atoms with Crippen molar-refractivity contribution in [3.8, 4) is 0 Å². The van der Waals surface area contributed by atoms with Crippen molar-refractivity contribution < 1.29 is 13.2 Å². The lowest BCUT2D eigenvalue weighted by atomic mass is 10.1. The number of amides is 1. The molecule has 0 saturated carbocycles. The van der Waals surface area contributed by atoms with E-state index in [1.54, 1.807) is 39.8 Å². The summed E-state index contributed by atoms with van der Waals surface area (Å²) >= 11 is 0. The minimum Gasteiger partial charge on any atom is -0.397 e. The molecule has 6 nitrogen and oxygen atoms in total. The predicted octanol–water partition coefficient (Wildman–Crippen LogP) is 1.03. The zero-order valence-electron chi connectivity index (χ0n) is 12.9. The average Bonchev–Trinajstić information content (AvgIpc) is 2.40. The van der Waals surface area contributed by atoms with Crippen LogP contribution in [-0.2, 0) is 14.8 Å². The van der Waals surface area contributed by atoms with E-state index in [-0.39, 0.29) is 29.6 Å². The number of carbonyl (C=O) groups is 1. The van der Waals surface area contributed by atoms with Crippen LogP contribution in [0.3, 0.4) is 0 Å². The molecule has 1 aromatic rings. The van der Waals surface area contributed by atoms with E-state index in [2.05, 4.69) is 5.32 Å². The lowest BCUT2D eigenvalue weighted by molar-refractivity contribution is -0.121. The first-order valence-corrected chi connectivity index (χ1v) is 8.32. The van der Waals surface area contributed by atoms with Gasteiger partial charge in [0.05, 0.1) is 12.2 Å². The molecule has 21 heavy (non-hydrogen) atoms. The number of rotatable bonds is 6. The lowest BCUT2D eigenvalue weighted by Crippen LogP contribution is -2.41. The van der Waals surface area contributed by atoms with E-state index in [1.165, 1.54) is 0 Å². The van der Waals surface area contributed by atoms with E-state index in [0.29, 0.717) is 17.7 Å². The van der Waals surface area contributed by atoms with E-state index in [1.807, 2.05) is 0 Å². The highest BCUT2D eigenvalue weighted by Crippen LogP contribution is 2.28. The van der Waals surface area contributed by atoms with Gasteiger partial charge >= 0.3 is 0 Å². The summed E-state index contributed by atoms with van der Waals surface area (Å²) in [4.78, 5) is 11.8. The molecule has 0 unspecified atom stereocenters. The number of aryl methyl sites for hydroxylation is 2. The summed E-state index contributed by atoms with van der Waals surface area (Å²) in [7, 11) is -3.80. The van der Waals surface area contributed by atoms with Crippen LogP contribution in [-0.4, -0.2) is 38.3 Å². The topological polar surface area (TPSA) is 92.5 Å². The molecule has 0 aliphatic carbocycles. The number of likely N-dealkylation sites (N-methyl/N-ethyl adjacent to an activating group) is 2. The molecule has 0 aromatic heterocycles. The molecule has 1 rings (SSSR count). The zero-order chi connectivity index (χ0) is 16.2. The van der Waals surface area contributed by atoms with Crippen molar-refractivity contribution in [3.63, 3.8) is 0 Å². The van der Waals surface area contributed by atoms with Gasteiger partial charge in [0.2, 0.25) is 15.9 Å². The molecule has 0 atom stereocenters. The molecule has 0 aliphatic heterocycles. The summed E-state index contributed by atoms with van der Waals surface area (Å²) in [5, 5.41) is 2.60. The monoisotopic (exact) mass is 313 g/mol.